The quantitative estimate of drug-likeness (QED) is 0.581. The highest BCUT2D eigenvalue weighted by Gasteiger charge is 2.37. The van der Waals surface area contributed by atoms with Crippen LogP contribution in [-0.2, 0) is 20.8 Å². The predicted molar refractivity (Wildman–Crippen MR) is 121 cm³/mol. The number of nitrogens with zero attached hydrogens (tertiary/aromatic N) is 1. The molecule has 1 aliphatic rings. The van der Waals surface area contributed by atoms with Gasteiger partial charge < -0.3 is 10.2 Å². The van der Waals surface area contributed by atoms with Gasteiger partial charge in [0.25, 0.3) is 5.91 Å². The molecule has 0 unspecified atom stereocenters. The Kier molecular flexibility index (Phi) is 7.59. The van der Waals surface area contributed by atoms with Crippen LogP contribution >= 0.6 is 0 Å². The smallest absolute Gasteiger partial charge is 0.347 e. The van der Waals surface area contributed by atoms with Gasteiger partial charge in [-0.3, -0.25) is 9.59 Å². The van der Waals surface area contributed by atoms with Gasteiger partial charge in [0.05, 0.1) is 16.5 Å². The minimum Gasteiger partial charge on any atom is -0.347 e. The van der Waals surface area contributed by atoms with Crippen LogP contribution in [0.15, 0.2) is 47.4 Å². The van der Waals surface area contributed by atoms with Crippen LogP contribution in [0.25, 0.3) is 0 Å². The maximum atomic E-state index is 14.6. The van der Waals surface area contributed by atoms with Crippen molar-refractivity contribution in [1.29, 1.82) is 0 Å². The monoisotopic (exact) mass is 514 g/mol. The number of carbonyl (C=O) groups is 2. The summed E-state index contributed by atoms with van der Waals surface area (Å²) in [5.41, 5.74) is -1.10. The van der Waals surface area contributed by atoms with Crippen molar-refractivity contribution in [3.63, 3.8) is 0 Å². The van der Waals surface area contributed by atoms with Crippen molar-refractivity contribution in [2.75, 3.05) is 12.8 Å². The molecule has 0 bridgehead atoms. The van der Waals surface area contributed by atoms with E-state index in [1.54, 1.807) is 13.8 Å². The first-order chi connectivity index (χ1) is 16.2. The third kappa shape index (κ3) is 6.01. The molecule has 190 valence electrons. The van der Waals surface area contributed by atoms with Crippen LogP contribution in [0.3, 0.4) is 0 Å². The van der Waals surface area contributed by atoms with Crippen molar-refractivity contribution in [3.05, 3.63) is 65.0 Å². The molecule has 2 aromatic carbocycles. The Morgan fingerprint density at radius 3 is 2.37 bits per heavy atom. The number of halogens is 4. The van der Waals surface area contributed by atoms with Crippen molar-refractivity contribution < 1.29 is 35.6 Å². The maximum absolute atomic E-state index is 14.6. The Morgan fingerprint density at radius 2 is 1.80 bits per heavy atom. The SMILES string of the molecule is CC(C)[C@@H](NC(=O)[C@H]1CCCN1C(=O)c1cccc(S(C)(=O)=O)c1)c1ccc(C(F)(F)F)cc1F. The van der Waals surface area contributed by atoms with Crippen LogP contribution in [0.1, 0.15) is 54.2 Å². The van der Waals surface area contributed by atoms with Crippen LogP contribution in [-0.4, -0.2) is 44.0 Å². The second-order valence-electron chi connectivity index (χ2n) is 8.92. The number of carbonyl (C=O) groups excluding carboxylic acids is 2. The molecule has 2 atom stereocenters. The number of benzene rings is 2. The Labute approximate surface area is 201 Å². The van der Waals surface area contributed by atoms with Crippen molar-refractivity contribution in [3.8, 4) is 0 Å². The lowest BCUT2D eigenvalue weighted by atomic mass is 9.94. The molecular weight excluding hydrogens is 488 g/mol. The largest absolute Gasteiger partial charge is 0.416 e. The van der Waals surface area contributed by atoms with Crippen LogP contribution in [0.2, 0.25) is 0 Å². The number of sulfone groups is 1. The fourth-order valence-electron chi connectivity index (χ4n) is 4.12. The fourth-order valence-corrected chi connectivity index (χ4v) is 4.78. The molecule has 0 radical (unpaired) electrons. The van der Waals surface area contributed by atoms with E-state index in [1.807, 2.05) is 0 Å². The Hall–Kier alpha value is -2.95. The van der Waals surface area contributed by atoms with Gasteiger partial charge >= 0.3 is 6.18 Å². The average molecular weight is 515 g/mol. The highest BCUT2D eigenvalue weighted by Crippen LogP contribution is 2.33. The van der Waals surface area contributed by atoms with E-state index in [-0.39, 0.29) is 28.5 Å². The van der Waals surface area contributed by atoms with Crippen LogP contribution < -0.4 is 5.32 Å². The van der Waals surface area contributed by atoms with Gasteiger partial charge in [-0.2, -0.15) is 13.2 Å². The molecular formula is C24H26F4N2O4S. The summed E-state index contributed by atoms with van der Waals surface area (Å²) in [6, 6.07) is 5.88. The first-order valence-electron chi connectivity index (χ1n) is 11.0. The lowest BCUT2D eigenvalue weighted by Crippen LogP contribution is -2.47. The molecule has 1 aliphatic heterocycles. The van der Waals surface area contributed by atoms with Crippen LogP contribution in [0, 0.1) is 11.7 Å². The minimum atomic E-state index is -4.70. The Balaban J connectivity index is 1.83. The number of alkyl halides is 3. The predicted octanol–water partition coefficient (Wildman–Crippen LogP) is 4.37. The first-order valence-corrected chi connectivity index (χ1v) is 12.9. The zero-order valence-electron chi connectivity index (χ0n) is 19.4. The highest BCUT2D eigenvalue weighted by molar-refractivity contribution is 7.90. The van der Waals surface area contributed by atoms with E-state index >= 15 is 0 Å². The van der Waals surface area contributed by atoms with Gasteiger partial charge in [0.1, 0.15) is 11.9 Å². The summed E-state index contributed by atoms with van der Waals surface area (Å²) in [6.07, 6.45) is -2.82. The normalized spacial score (nSPS) is 17.5. The Bertz CT molecular complexity index is 1230. The molecule has 2 amide bonds. The van der Waals surface area contributed by atoms with Gasteiger partial charge in [-0.05, 0) is 49.1 Å². The van der Waals surface area contributed by atoms with Gasteiger partial charge in [0.2, 0.25) is 5.91 Å². The molecule has 0 aromatic heterocycles. The molecule has 0 aliphatic carbocycles. The lowest BCUT2D eigenvalue weighted by Gasteiger charge is -2.29. The van der Waals surface area contributed by atoms with E-state index in [1.165, 1.54) is 29.2 Å². The molecule has 1 heterocycles. The van der Waals surface area contributed by atoms with Gasteiger partial charge in [-0.15, -0.1) is 0 Å². The molecule has 2 aromatic rings. The molecule has 0 spiro atoms. The van der Waals surface area contributed by atoms with E-state index in [0.29, 0.717) is 18.9 Å². The molecule has 1 N–H and O–H groups in total. The van der Waals surface area contributed by atoms with Crippen molar-refractivity contribution in [2.45, 2.75) is 49.8 Å². The van der Waals surface area contributed by atoms with Gasteiger partial charge in [0, 0.05) is 23.9 Å². The van der Waals surface area contributed by atoms with Gasteiger partial charge in [-0.1, -0.05) is 26.0 Å². The van der Waals surface area contributed by atoms with Crippen LogP contribution in [0.4, 0.5) is 17.6 Å². The molecule has 0 saturated carbocycles. The first kappa shape index (κ1) is 26.7. The third-order valence-electron chi connectivity index (χ3n) is 5.95. The molecule has 1 saturated heterocycles. The number of likely N-dealkylation sites (tertiary alicyclic amines) is 1. The molecule has 35 heavy (non-hydrogen) atoms. The molecule has 11 heteroatoms. The standard InChI is InChI=1S/C24H26F4N2O4S/c1-14(2)21(18-10-9-16(13-19(18)25)24(26,27)28)29-22(31)20-8-5-11-30(20)23(32)15-6-4-7-17(12-15)35(3,33)34/h4,6-7,9-10,12-14,20-21H,5,8,11H2,1-3H3,(H,29,31)/t20-,21-/m1/s1. The zero-order valence-corrected chi connectivity index (χ0v) is 20.2. The topological polar surface area (TPSA) is 83.6 Å². The summed E-state index contributed by atoms with van der Waals surface area (Å²) in [6.45, 7) is 3.65. The number of hydrogen-bond acceptors (Lipinski definition) is 4. The fraction of sp³-hybridized carbons (Fsp3) is 0.417. The minimum absolute atomic E-state index is 0.0267. The Morgan fingerprint density at radius 1 is 1.11 bits per heavy atom. The maximum Gasteiger partial charge on any atom is 0.416 e. The summed E-state index contributed by atoms with van der Waals surface area (Å²) in [4.78, 5) is 27.5. The van der Waals surface area contributed by atoms with Crippen LogP contribution in [0.5, 0.6) is 0 Å². The van der Waals surface area contributed by atoms with Gasteiger partial charge in [0.15, 0.2) is 9.84 Å². The second kappa shape index (κ2) is 9.96. The summed E-state index contributed by atoms with van der Waals surface area (Å²) < 4.78 is 77.0. The number of rotatable bonds is 6. The number of nitrogens with one attached hydrogen (secondary N) is 1. The summed E-state index contributed by atoms with van der Waals surface area (Å²) in [5.74, 6) is -2.53. The van der Waals surface area contributed by atoms with E-state index < -0.39 is 51.3 Å². The van der Waals surface area contributed by atoms with Crippen molar-refractivity contribution in [2.24, 2.45) is 5.92 Å². The molecule has 3 rings (SSSR count). The van der Waals surface area contributed by atoms with Crippen molar-refractivity contribution in [1.82, 2.24) is 10.2 Å². The van der Waals surface area contributed by atoms with E-state index in [4.69, 9.17) is 0 Å². The van der Waals surface area contributed by atoms with E-state index in [0.717, 1.165) is 18.4 Å². The van der Waals surface area contributed by atoms with Gasteiger partial charge in [-0.25, -0.2) is 12.8 Å². The average Bonchev–Trinajstić information content (AvgIpc) is 3.26. The highest BCUT2D eigenvalue weighted by atomic mass is 32.2. The number of hydrogen-bond donors (Lipinski definition) is 1. The lowest BCUT2D eigenvalue weighted by molar-refractivity contribution is -0.137. The molecule has 6 nitrogen and oxygen atoms in total. The third-order valence-corrected chi connectivity index (χ3v) is 7.06. The summed E-state index contributed by atoms with van der Waals surface area (Å²) >= 11 is 0. The van der Waals surface area contributed by atoms with E-state index in [9.17, 15) is 35.6 Å². The van der Waals surface area contributed by atoms with Crippen molar-refractivity contribution >= 4 is 21.7 Å². The summed E-state index contributed by atoms with van der Waals surface area (Å²) in [5, 5.41) is 2.70. The number of amides is 2. The zero-order chi connectivity index (χ0) is 26.1. The summed E-state index contributed by atoms with van der Waals surface area (Å²) in [7, 11) is -3.54. The molecule has 1 fully saturated rings. The second-order valence-corrected chi connectivity index (χ2v) is 10.9. The van der Waals surface area contributed by atoms with E-state index in [2.05, 4.69) is 5.32 Å².